The lowest BCUT2D eigenvalue weighted by Crippen LogP contribution is -2.52. The predicted molar refractivity (Wildman–Crippen MR) is 67.7 cm³/mol. The van der Waals surface area contributed by atoms with Gasteiger partial charge in [-0.1, -0.05) is 19.3 Å². The molecule has 1 saturated carbocycles. The molecule has 1 aliphatic carbocycles. The summed E-state index contributed by atoms with van der Waals surface area (Å²) in [6.45, 7) is 0.371. The zero-order valence-corrected chi connectivity index (χ0v) is 11.4. The minimum Gasteiger partial charge on any atom is -0.480 e. The van der Waals surface area contributed by atoms with Crippen molar-refractivity contribution in [2.75, 3.05) is 12.3 Å². The van der Waals surface area contributed by atoms with Crippen molar-refractivity contribution in [1.82, 2.24) is 4.31 Å². The fraction of sp³-hybridized carbons (Fsp3) is 0.917. The lowest BCUT2D eigenvalue weighted by Gasteiger charge is -2.37. The Hall–Kier alpha value is -0.620. The van der Waals surface area contributed by atoms with Crippen molar-refractivity contribution in [2.24, 2.45) is 5.92 Å². The molecule has 104 valence electrons. The van der Waals surface area contributed by atoms with Gasteiger partial charge in [0.1, 0.15) is 6.04 Å². The maximum Gasteiger partial charge on any atom is 0.322 e. The highest BCUT2D eigenvalue weighted by Gasteiger charge is 2.41. The summed E-state index contributed by atoms with van der Waals surface area (Å²) in [5.74, 6) is -0.889. The van der Waals surface area contributed by atoms with E-state index in [0.717, 1.165) is 38.5 Å². The highest BCUT2D eigenvalue weighted by Crippen LogP contribution is 2.31. The zero-order chi connectivity index (χ0) is 13.2. The summed E-state index contributed by atoms with van der Waals surface area (Å²) in [7, 11) is -3.36. The Morgan fingerprint density at radius 2 is 1.78 bits per heavy atom. The zero-order valence-electron chi connectivity index (χ0n) is 10.5. The molecule has 0 aromatic rings. The van der Waals surface area contributed by atoms with Crippen LogP contribution in [0.4, 0.5) is 0 Å². The molecule has 2 aliphatic rings. The fourth-order valence-corrected chi connectivity index (χ4v) is 4.95. The van der Waals surface area contributed by atoms with E-state index >= 15 is 0 Å². The lowest BCUT2D eigenvalue weighted by molar-refractivity contribution is -0.144. The van der Waals surface area contributed by atoms with Gasteiger partial charge in [-0.2, -0.15) is 4.31 Å². The van der Waals surface area contributed by atoms with Crippen molar-refractivity contribution in [3.8, 4) is 0 Å². The molecule has 0 spiro atoms. The summed E-state index contributed by atoms with van der Waals surface area (Å²) in [4.78, 5) is 11.5. The molecular weight excluding hydrogens is 254 g/mol. The van der Waals surface area contributed by atoms with Crippen molar-refractivity contribution in [1.29, 1.82) is 0 Å². The molecule has 0 bridgehead atoms. The van der Waals surface area contributed by atoms with Crippen LogP contribution in [0.25, 0.3) is 0 Å². The minimum absolute atomic E-state index is 0.0101. The number of sulfonamides is 1. The molecule has 1 atom stereocenters. The average Bonchev–Trinajstić information content (AvgIpc) is 2.32. The first kappa shape index (κ1) is 13.8. The highest BCUT2D eigenvalue weighted by molar-refractivity contribution is 7.89. The number of rotatable bonds is 3. The summed E-state index contributed by atoms with van der Waals surface area (Å²) in [5, 5.41) is 9.40. The van der Waals surface area contributed by atoms with Crippen LogP contribution >= 0.6 is 0 Å². The van der Waals surface area contributed by atoms with Crippen molar-refractivity contribution < 1.29 is 18.3 Å². The fourth-order valence-electron chi connectivity index (χ4n) is 3.13. The van der Waals surface area contributed by atoms with Gasteiger partial charge in [0.15, 0.2) is 0 Å². The molecule has 0 radical (unpaired) electrons. The molecule has 2 rings (SSSR count). The van der Waals surface area contributed by atoms with Gasteiger partial charge in [-0.15, -0.1) is 0 Å². The third-order valence-electron chi connectivity index (χ3n) is 4.05. The van der Waals surface area contributed by atoms with Crippen LogP contribution in [0.5, 0.6) is 0 Å². The first-order valence-electron chi connectivity index (χ1n) is 6.75. The van der Waals surface area contributed by atoms with E-state index in [1.165, 1.54) is 4.31 Å². The molecule has 2 fully saturated rings. The summed E-state index contributed by atoms with van der Waals surface area (Å²) in [5.41, 5.74) is 0. The van der Waals surface area contributed by atoms with Crippen LogP contribution in [0.3, 0.4) is 0 Å². The molecule has 1 saturated heterocycles. The Kier molecular flexibility index (Phi) is 4.27. The maximum absolute atomic E-state index is 12.0. The van der Waals surface area contributed by atoms with Crippen LogP contribution in [-0.4, -0.2) is 42.1 Å². The third kappa shape index (κ3) is 2.85. The smallest absolute Gasteiger partial charge is 0.322 e. The maximum atomic E-state index is 12.0. The number of carboxylic acids is 1. The second-order valence-electron chi connectivity index (χ2n) is 5.31. The number of hydrogen-bond donors (Lipinski definition) is 1. The predicted octanol–water partition coefficient (Wildman–Crippen LogP) is 1.45. The van der Waals surface area contributed by atoms with Crippen LogP contribution in [0, 0.1) is 5.92 Å². The van der Waals surface area contributed by atoms with Crippen molar-refractivity contribution in [2.45, 2.75) is 51.0 Å². The van der Waals surface area contributed by atoms with E-state index < -0.39 is 22.0 Å². The average molecular weight is 275 g/mol. The van der Waals surface area contributed by atoms with E-state index in [9.17, 15) is 18.3 Å². The van der Waals surface area contributed by atoms with Crippen molar-refractivity contribution >= 4 is 16.0 Å². The van der Waals surface area contributed by atoms with E-state index in [0.29, 0.717) is 13.0 Å². The van der Waals surface area contributed by atoms with E-state index in [-0.39, 0.29) is 11.7 Å². The first-order valence-corrected chi connectivity index (χ1v) is 8.35. The molecule has 0 aromatic carbocycles. The number of carbonyl (C=O) groups is 1. The second kappa shape index (κ2) is 5.57. The standard InChI is InChI=1S/C12H21NO4S/c14-12(15)11(10-6-2-1-3-7-10)13-8-4-5-9-18(13,16)17/h10-11H,1-9H2,(H,14,15). The Bertz CT molecular complexity index is 400. The Morgan fingerprint density at radius 3 is 2.33 bits per heavy atom. The Labute approximate surface area is 108 Å². The van der Waals surface area contributed by atoms with E-state index in [4.69, 9.17) is 0 Å². The van der Waals surface area contributed by atoms with Gasteiger partial charge < -0.3 is 5.11 Å². The molecule has 1 aliphatic heterocycles. The van der Waals surface area contributed by atoms with Gasteiger partial charge in [-0.3, -0.25) is 4.79 Å². The summed E-state index contributed by atoms with van der Waals surface area (Å²) >= 11 is 0. The molecule has 6 heteroatoms. The van der Waals surface area contributed by atoms with Crippen LogP contribution in [0.1, 0.15) is 44.9 Å². The largest absolute Gasteiger partial charge is 0.480 e. The molecule has 1 N–H and O–H groups in total. The molecular formula is C12H21NO4S. The summed E-state index contributed by atoms with van der Waals surface area (Å²) in [6, 6.07) is -0.837. The number of carboxylic acid groups (broad SMARTS) is 1. The van der Waals surface area contributed by atoms with Crippen LogP contribution < -0.4 is 0 Å². The molecule has 0 amide bonds. The first-order chi connectivity index (χ1) is 8.52. The van der Waals surface area contributed by atoms with E-state index in [2.05, 4.69) is 0 Å². The molecule has 18 heavy (non-hydrogen) atoms. The Balaban J connectivity index is 2.20. The number of aliphatic carboxylic acids is 1. The van der Waals surface area contributed by atoms with Gasteiger partial charge in [0.25, 0.3) is 0 Å². The van der Waals surface area contributed by atoms with E-state index in [1.807, 2.05) is 0 Å². The molecule has 0 aromatic heterocycles. The van der Waals surface area contributed by atoms with Crippen LogP contribution in [0.15, 0.2) is 0 Å². The number of hydrogen-bond acceptors (Lipinski definition) is 3. The van der Waals surface area contributed by atoms with Gasteiger partial charge in [0.2, 0.25) is 10.0 Å². The molecule has 1 unspecified atom stereocenters. The SMILES string of the molecule is O=C(O)C(C1CCCCC1)N1CCCCS1(=O)=O. The van der Waals surface area contributed by atoms with Gasteiger partial charge in [-0.25, -0.2) is 8.42 Å². The highest BCUT2D eigenvalue weighted by atomic mass is 32.2. The third-order valence-corrected chi connectivity index (χ3v) is 5.98. The minimum atomic E-state index is -3.36. The topological polar surface area (TPSA) is 74.7 Å². The van der Waals surface area contributed by atoms with Crippen molar-refractivity contribution in [3.05, 3.63) is 0 Å². The summed E-state index contributed by atoms with van der Waals surface area (Å²) < 4.78 is 25.3. The van der Waals surface area contributed by atoms with Crippen LogP contribution in [-0.2, 0) is 14.8 Å². The van der Waals surface area contributed by atoms with Gasteiger partial charge >= 0.3 is 5.97 Å². The number of nitrogens with zero attached hydrogens (tertiary/aromatic N) is 1. The van der Waals surface area contributed by atoms with E-state index in [1.54, 1.807) is 0 Å². The van der Waals surface area contributed by atoms with Crippen molar-refractivity contribution in [3.63, 3.8) is 0 Å². The quantitative estimate of drug-likeness (QED) is 0.846. The Morgan fingerprint density at radius 1 is 1.11 bits per heavy atom. The molecule has 5 nitrogen and oxygen atoms in total. The van der Waals surface area contributed by atoms with Gasteiger partial charge in [0.05, 0.1) is 5.75 Å². The molecule has 1 heterocycles. The second-order valence-corrected chi connectivity index (χ2v) is 7.36. The van der Waals surface area contributed by atoms with Gasteiger partial charge in [-0.05, 0) is 31.6 Å². The summed E-state index contributed by atoms with van der Waals surface area (Å²) in [6.07, 6.45) is 6.26. The van der Waals surface area contributed by atoms with Crippen LogP contribution in [0.2, 0.25) is 0 Å². The monoisotopic (exact) mass is 275 g/mol. The normalized spacial score (nSPS) is 27.8. The lowest BCUT2D eigenvalue weighted by atomic mass is 9.84. The van der Waals surface area contributed by atoms with Gasteiger partial charge in [0, 0.05) is 6.54 Å².